The average molecular weight is 791 g/mol. The van der Waals surface area contributed by atoms with Gasteiger partial charge in [-0.2, -0.15) is 15.8 Å². The van der Waals surface area contributed by atoms with Gasteiger partial charge in [-0.1, -0.05) is 115 Å². The molecule has 62 heavy (non-hydrogen) atoms. The number of hydrogen-bond acceptors (Lipinski definition) is 6. The smallest absolute Gasteiger partial charge is 0.164 e. The standard InChI is InChI=1S/C54H30N8/c55-31-34-25-27-46-42(29-34)39-18-7-9-21-44(39)61(46)48-23-11-17-38(33-57)50(48)51-41(54-59-52(36-13-3-1-4-14-36)58-53(60-54)37-15-5-2-6-16-37)20-12-24-49(51)62-45-22-10-8-19-40(45)43-30-35(32-56)26-28-47(43)62/h1-30H. The third-order valence-corrected chi connectivity index (χ3v) is 11.5. The first kappa shape index (κ1) is 36.0. The molecule has 0 amide bonds. The fourth-order valence-corrected chi connectivity index (χ4v) is 8.79. The predicted octanol–water partition coefficient (Wildman–Crippen LogP) is 12.3. The highest BCUT2D eigenvalue weighted by atomic mass is 15.0. The van der Waals surface area contributed by atoms with E-state index in [1.54, 1.807) is 0 Å². The van der Waals surface area contributed by atoms with Crippen molar-refractivity contribution in [1.82, 2.24) is 24.1 Å². The molecule has 0 fully saturated rings. The SMILES string of the molecule is N#Cc1ccc2c(c1)c1ccccc1n2-c1cccc(C#N)c1-c1c(-c2nc(-c3ccccc3)nc(-c3ccccc3)n2)cccc1-n1c2ccccc2c2cc(C#N)ccc21. The van der Waals surface area contributed by atoms with Crippen molar-refractivity contribution in [2.45, 2.75) is 0 Å². The minimum atomic E-state index is 0.432. The van der Waals surface area contributed by atoms with Gasteiger partial charge >= 0.3 is 0 Å². The van der Waals surface area contributed by atoms with Crippen LogP contribution in [0.5, 0.6) is 0 Å². The molecule has 0 atom stereocenters. The zero-order valence-corrected chi connectivity index (χ0v) is 32.9. The van der Waals surface area contributed by atoms with Gasteiger partial charge in [0.25, 0.3) is 0 Å². The summed E-state index contributed by atoms with van der Waals surface area (Å²) in [6.07, 6.45) is 0. The van der Waals surface area contributed by atoms with Crippen LogP contribution in [0.15, 0.2) is 182 Å². The second kappa shape index (κ2) is 14.6. The molecule has 11 aromatic rings. The summed E-state index contributed by atoms with van der Waals surface area (Å²) in [7, 11) is 0. The van der Waals surface area contributed by atoms with E-state index in [0.29, 0.717) is 45.3 Å². The van der Waals surface area contributed by atoms with E-state index in [1.807, 2.05) is 152 Å². The molecule has 0 aliphatic rings. The van der Waals surface area contributed by atoms with Crippen LogP contribution in [0.4, 0.5) is 0 Å². The summed E-state index contributed by atoms with van der Waals surface area (Å²) < 4.78 is 4.40. The van der Waals surface area contributed by atoms with E-state index in [-0.39, 0.29) is 0 Å². The Hall–Kier alpha value is -9.16. The zero-order valence-electron chi connectivity index (χ0n) is 32.9. The molecule has 0 radical (unpaired) electrons. The van der Waals surface area contributed by atoms with Gasteiger partial charge in [0.2, 0.25) is 0 Å². The second-order valence-electron chi connectivity index (χ2n) is 14.9. The fourth-order valence-electron chi connectivity index (χ4n) is 8.79. The van der Waals surface area contributed by atoms with Gasteiger partial charge in [0.05, 0.1) is 68.3 Å². The second-order valence-corrected chi connectivity index (χ2v) is 14.9. The Morgan fingerprint density at radius 1 is 0.355 bits per heavy atom. The summed E-state index contributed by atoms with van der Waals surface area (Å²) in [5.74, 6) is 1.45. The normalized spacial score (nSPS) is 11.2. The molecule has 0 aliphatic heterocycles. The van der Waals surface area contributed by atoms with Gasteiger partial charge in [-0.05, 0) is 66.7 Å². The summed E-state index contributed by atoms with van der Waals surface area (Å²) in [6, 6.07) is 66.7. The number of rotatable bonds is 6. The number of hydrogen-bond donors (Lipinski definition) is 0. The molecule has 8 aromatic carbocycles. The van der Waals surface area contributed by atoms with Crippen molar-refractivity contribution in [3.8, 4) is 74.9 Å². The largest absolute Gasteiger partial charge is 0.309 e. The summed E-state index contributed by atoms with van der Waals surface area (Å²) in [6.45, 7) is 0. The number of aromatic nitrogens is 5. The summed E-state index contributed by atoms with van der Waals surface area (Å²) >= 11 is 0. The van der Waals surface area contributed by atoms with E-state index < -0.39 is 0 Å². The first-order valence-electron chi connectivity index (χ1n) is 20.0. The molecule has 0 aliphatic carbocycles. The molecular formula is C54H30N8. The van der Waals surface area contributed by atoms with Crippen molar-refractivity contribution in [2.24, 2.45) is 0 Å². The van der Waals surface area contributed by atoms with Gasteiger partial charge in [0.1, 0.15) is 0 Å². The van der Waals surface area contributed by atoms with Gasteiger partial charge in [0, 0.05) is 49.4 Å². The van der Waals surface area contributed by atoms with Crippen molar-refractivity contribution in [3.63, 3.8) is 0 Å². The van der Waals surface area contributed by atoms with E-state index in [9.17, 15) is 15.8 Å². The summed E-state index contributed by atoms with van der Waals surface area (Å²) in [5, 5.41) is 35.0. The Morgan fingerprint density at radius 2 is 0.806 bits per heavy atom. The summed E-state index contributed by atoms with van der Waals surface area (Å²) in [4.78, 5) is 15.5. The third kappa shape index (κ3) is 5.70. The Balaban J connectivity index is 1.32. The number of para-hydroxylation sites is 2. The molecule has 3 aromatic heterocycles. The van der Waals surface area contributed by atoms with Crippen LogP contribution in [0.3, 0.4) is 0 Å². The Kier molecular flexibility index (Phi) is 8.46. The van der Waals surface area contributed by atoms with Crippen LogP contribution in [0, 0.1) is 34.0 Å². The number of nitrogens with zero attached hydrogens (tertiary/aromatic N) is 8. The quantitative estimate of drug-likeness (QED) is 0.165. The Bertz CT molecular complexity index is 3670. The molecule has 3 heterocycles. The molecule has 8 heteroatoms. The Labute approximate surface area is 355 Å². The maximum atomic E-state index is 11.2. The van der Waals surface area contributed by atoms with Crippen LogP contribution in [0.2, 0.25) is 0 Å². The maximum Gasteiger partial charge on any atom is 0.164 e. The predicted molar refractivity (Wildman–Crippen MR) is 244 cm³/mol. The van der Waals surface area contributed by atoms with Crippen LogP contribution in [-0.2, 0) is 0 Å². The average Bonchev–Trinajstić information content (AvgIpc) is 3.85. The molecule has 0 saturated carbocycles. The van der Waals surface area contributed by atoms with E-state index in [0.717, 1.165) is 71.7 Å². The van der Waals surface area contributed by atoms with Crippen molar-refractivity contribution in [1.29, 1.82) is 15.8 Å². The molecule has 0 N–H and O–H groups in total. The Morgan fingerprint density at radius 3 is 1.32 bits per heavy atom. The lowest BCUT2D eigenvalue weighted by Gasteiger charge is -2.22. The van der Waals surface area contributed by atoms with Crippen molar-refractivity contribution < 1.29 is 0 Å². The van der Waals surface area contributed by atoms with Gasteiger partial charge in [-0.15, -0.1) is 0 Å². The van der Waals surface area contributed by atoms with Gasteiger partial charge in [-0.25, -0.2) is 15.0 Å². The van der Waals surface area contributed by atoms with Gasteiger partial charge in [0.15, 0.2) is 17.5 Å². The molecule has 8 nitrogen and oxygen atoms in total. The van der Waals surface area contributed by atoms with Crippen LogP contribution in [0.1, 0.15) is 16.7 Å². The van der Waals surface area contributed by atoms with E-state index in [1.165, 1.54) is 0 Å². The van der Waals surface area contributed by atoms with Gasteiger partial charge < -0.3 is 9.13 Å². The maximum absolute atomic E-state index is 11.2. The number of benzene rings is 8. The van der Waals surface area contributed by atoms with Crippen molar-refractivity contribution in [2.75, 3.05) is 0 Å². The third-order valence-electron chi connectivity index (χ3n) is 11.5. The topological polar surface area (TPSA) is 120 Å². The van der Waals surface area contributed by atoms with Gasteiger partial charge in [-0.3, -0.25) is 0 Å². The number of nitriles is 3. The summed E-state index contributed by atoms with van der Waals surface area (Å²) in [5.41, 5.74) is 10.5. The van der Waals surface area contributed by atoms with Crippen molar-refractivity contribution in [3.05, 3.63) is 199 Å². The lowest BCUT2D eigenvalue weighted by atomic mass is 9.91. The number of fused-ring (bicyclic) bond motifs is 6. The van der Waals surface area contributed by atoms with Crippen LogP contribution in [0.25, 0.3) is 100 Å². The molecule has 0 saturated heterocycles. The molecular weight excluding hydrogens is 761 g/mol. The first-order chi connectivity index (χ1) is 30.6. The lowest BCUT2D eigenvalue weighted by molar-refractivity contribution is 1.07. The fraction of sp³-hybridized carbons (Fsp3) is 0. The molecule has 0 spiro atoms. The van der Waals surface area contributed by atoms with Crippen LogP contribution < -0.4 is 0 Å². The molecule has 0 unspecified atom stereocenters. The van der Waals surface area contributed by atoms with E-state index in [4.69, 9.17) is 15.0 Å². The zero-order chi connectivity index (χ0) is 41.7. The highest BCUT2D eigenvalue weighted by Crippen LogP contribution is 2.46. The molecule has 11 rings (SSSR count). The monoisotopic (exact) mass is 790 g/mol. The minimum absolute atomic E-state index is 0.432. The molecule has 286 valence electrons. The minimum Gasteiger partial charge on any atom is -0.309 e. The highest BCUT2D eigenvalue weighted by Gasteiger charge is 2.27. The van der Waals surface area contributed by atoms with Crippen LogP contribution in [-0.4, -0.2) is 24.1 Å². The van der Waals surface area contributed by atoms with E-state index in [2.05, 4.69) is 57.7 Å². The lowest BCUT2D eigenvalue weighted by Crippen LogP contribution is -2.07. The van der Waals surface area contributed by atoms with Crippen molar-refractivity contribution >= 4 is 43.6 Å². The first-order valence-corrected chi connectivity index (χ1v) is 20.0. The highest BCUT2D eigenvalue weighted by molar-refractivity contribution is 6.12. The van der Waals surface area contributed by atoms with Crippen LogP contribution >= 0.6 is 0 Å². The van der Waals surface area contributed by atoms with E-state index >= 15 is 0 Å². The molecule has 0 bridgehead atoms.